The third-order valence-electron chi connectivity index (χ3n) is 4.49. The Labute approximate surface area is 139 Å². The molecule has 0 radical (unpaired) electrons. The highest BCUT2D eigenvalue weighted by Gasteiger charge is 2.58. The van der Waals surface area contributed by atoms with E-state index < -0.39 is 30.3 Å². The predicted octanol–water partition coefficient (Wildman–Crippen LogP) is 3.79. The second-order valence-electron chi connectivity index (χ2n) is 6.17. The Morgan fingerprint density at radius 1 is 1.17 bits per heavy atom. The van der Waals surface area contributed by atoms with Crippen LogP contribution in [-0.2, 0) is 11.3 Å². The molecule has 1 aromatic carbocycles. The third-order valence-corrected chi connectivity index (χ3v) is 4.49. The topological polar surface area (TPSA) is 58.6 Å². The van der Waals surface area contributed by atoms with Gasteiger partial charge in [0.25, 0.3) is 0 Å². The van der Waals surface area contributed by atoms with Gasteiger partial charge in [-0.15, -0.1) is 0 Å². The summed E-state index contributed by atoms with van der Waals surface area (Å²) in [6, 6.07) is 8.81. The van der Waals surface area contributed by atoms with Crippen LogP contribution in [0.3, 0.4) is 0 Å². The van der Waals surface area contributed by atoms with E-state index in [-0.39, 0.29) is 6.61 Å². The monoisotopic (exact) mass is 345 g/mol. The van der Waals surface area contributed by atoms with Gasteiger partial charge in [0.05, 0.1) is 6.54 Å². The largest absolute Gasteiger partial charge is 0.445 e. The molecule has 7 heteroatoms. The van der Waals surface area contributed by atoms with Crippen molar-refractivity contribution >= 4 is 6.09 Å². The lowest BCUT2D eigenvalue weighted by Gasteiger charge is -2.39. The number of hydrogen-bond donors (Lipinski definition) is 2. The minimum absolute atomic E-state index is 0.0411. The summed E-state index contributed by atoms with van der Waals surface area (Å²) in [4.78, 5) is 11.7. The SMILES string of the molecule is O=C(NCC(O)(C1CCCCC1)C(F)(F)F)OCc1ccccc1. The molecule has 1 amide bonds. The summed E-state index contributed by atoms with van der Waals surface area (Å²) >= 11 is 0. The molecule has 0 heterocycles. The molecule has 134 valence electrons. The second kappa shape index (κ2) is 7.88. The molecular weight excluding hydrogens is 323 g/mol. The number of rotatable bonds is 5. The van der Waals surface area contributed by atoms with Crippen molar-refractivity contribution in [2.75, 3.05) is 6.54 Å². The molecule has 1 aliphatic rings. The number of halogens is 3. The van der Waals surface area contributed by atoms with Gasteiger partial charge in [0.1, 0.15) is 6.61 Å². The first kappa shape index (κ1) is 18.6. The van der Waals surface area contributed by atoms with E-state index in [9.17, 15) is 23.1 Å². The van der Waals surface area contributed by atoms with Gasteiger partial charge in [-0.25, -0.2) is 4.79 Å². The third kappa shape index (κ3) is 4.63. The molecule has 1 saturated carbocycles. The molecule has 0 spiro atoms. The zero-order valence-corrected chi connectivity index (χ0v) is 13.3. The van der Waals surface area contributed by atoms with E-state index in [1.165, 1.54) is 0 Å². The minimum atomic E-state index is -4.80. The molecular formula is C17H22F3NO3. The molecule has 4 nitrogen and oxygen atoms in total. The number of carbonyl (C=O) groups is 1. The van der Waals surface area contributed by atoms with E-state index in [2.05, 4.69) is 5.32 Å². The number of benzene rings is 1. The fraction of sp³-hybridized carbons (Fsp3) is 0.588. The first-order valence-electron chi connectivity index (χ1n) is 8.06. The van der Waals surface area contributed by atoms with Crippen molar-refractivity contribution in [1.29, 1.82) is 0 Å². The molecule has 0 aromatic heterocycles. The Hall–Kier alpha value is -1.76. The zero-order valence-electron chi connectivity index (χ0n) is 13.3. The maximum absolute atomic E-state index is 13.3. The summed E-state index contributed by atoms with van der Waals surface area (Å²) in [6.07, 6.45) is -2.99. The lowest BCUT2D eigenvalue weighted by molar-refractivity contribution is -0.279. The average molecular weight is 345 g/mol. The standard InChI is InChI=1S/C17H22F3NO3/c18-17(19,20)16(23,14-9-5-2-6-10-14)12-21-15(22)24-11-13-7-3-1-4-8-13/h1,3-4,7-8,14,23H,2,5-6,9-12H2,(H,21,22). The Kier molecular flexibility index (Phi) is 6.10. The number of ether oxygens (including phenoxy) is 1. The summed E-state index contributed by atoms with van der Waals surface area (Å²) in [6.45, 7) is -0.935. The summed E-state index contributed by atoms with van der Waals surface area (Å²) in [7, 11) is 0. The van der Waals surface area contributed by atoms with Gasteiger partial charge in [0.2, 0.25) is 0 Å². The molecule has 0 bridgehead atoms. The molecule has 0 aliphatic heterocycles. The number of nitrogens with one attached hydrogen (secondary N) is 1. The molecule has 1 aliphatic carbocycles. The summed E-state index contributed by atoms with van der Waals surface area (Å²) < 4.78 is 44.9. The van der Waals surface area contributed by atoms with Crippen LogP contribution >= 0.6 is 0 Å². The van der Waals surface area contributed by atoms with Crippen LogP contribution in [0.5, 0.6) is 0 Å². The molecule has 1 unspecified atom stereocenters. The van der Waals surface area contributed by atoms with E-state index in [1.54, 1.807) is 30.3 Å². The Morgan fingerprint density at radius 3 is 2.38 bits per heavy atom. The smallest absolute Gasteiger partial charge is 0.419 e. The van der Waals surface area contributed by atoms with Crippen LogP contribution in [0.2, 0.25) is 0 Å². The fourth-order valence-corrected chi connectivity index (χ4v) is 3.04. The van der Waals surface area contributed by atoms with Gasteiger partial charge in [-0.05, 0) is 24.3 Å². The van der Waals surface area contributed by atoms with E-state index in [0.29, 0.717) is 25.7 Å². The highest BCUT2D eigenvalue weighted by molar-refractivity contribution is 5.67. The zero-order chi connectivity index (χ0) is 17.6. The van der Waals surface area contributed by atoms with Crippen molar-refractivity contribution in [1.82, 2.24) is 5.32 Å². The van der Waals surface area contributed by atoms with Gasteiger partial charge in [-0.2, -0.15) is 13.2 Å². The van der Waals surface area contributed by atoms with Crippen LogP contribution in [-0.4, -0.2) is 29.5 Å². The van der Waals surface area contributed by atoms with Gasteiger partial charge in [-0.3, -0.25) is 0 Å². The molecule has 0 saturated heterocycles. The number of carbonyl (C=O) groups excluding carboxylic acids is 1. The predicted molar refractivity (Wildman–Crippen MR) is 82.2 cm³/mol. The van der Waals surface area contributed by atoms with Crippen molar-refractivity contribution in [3.8, 4) is 0 Å². The number of alkyl carbamates (subject to hydrolysis) is 1. The fourth-order valence-electron chi connectivity index (χ4n) is 3.04. The van der Waals surface area contributed by atoms with Gasteiger partial charge in [0.15, 0.2) is 5.60 Å². The van der Waals surface area contributed by atoms with Gasteiger partial charge in [0, 0.05) is 0 Å². The molecule has 2 N–H and O–H groups in total. The van der Waals surface area contributed by atoms with Gasteiger partial charge >= 0.3 is 12.3 Å². The highest BCUT2D eigenvalue weighted by Crippen LogP contribution is 2.42. The summed E-state index contributed by atoms with van der Waals surface area (Å²) in [5, 5.41) is 12.3. The summed E-state index contributed by atoms with van der Waals surface area (Å²) in [5.74, 6) is -0.902. The molecule has 1 fully saturated rings. The Morgan fingerprint density at radius 2 is 1.79 bits per heavy atom. The van der Waals surface area contributed by atoms with Crippen molar-refractivity contribution in [3.63, 3.8) is 0 Å². The van der Waals surface area contributed by atoms with Crippen LogP contribution in [0.1, 0.15) is 37.7 Å². The first-order chi connectivity index (χ1) is 11.3. The number of amides is 1. The number of aliphatic hydroxyl groups is 1. The van der Waals surface area contributed by atoms with Crippen molar-refractivity contribution < 1.29 is 27.8 Å². The van der Waals surface area contributed by atoms with Gasteiger partial charge in [-0.1, -0.05) is 49.6 Å². The van der Waals surface area contributed by atoms with Crippen LogP contribution < -0.4 is 5.32 Å². The maximum atomic E-state index is 13.3. The van der Waals surface area contributed by atoms with E-state index in [1.807, 2.05) is 0 Å². The molecule has 1 atom stereocenters. The lowest BCUT2D eigenvalue weighted by Crippen LogP contribution is -2.58. The van der Waals surface area contributed by atoms with Crippen molar-refractivity contribution in [2.45, 2.75) is 50.5 Å². The van der Waals surface area contributed by atoms with E-state index >= 15 is 0 Å². The Balaban J connectivity index is 1.91. The average Bonchev–Trinajstić information content (AvgIpc) is 2.58. The first-order valence-corrected chi connectivity index (χ1v) is 8.06. The van der Waals surface area contributed by atoms with E-state index in [4.69, 9.17) is 4.74 Å². The molecule has 1 aromatic rings. The van der Waals surface area contributed by atoms with Crippen LogP contribution in [0.4, 0.5) is 18.0 Å². The Bertz CT molecular complexity index is 530. The van der Waals surface area contributed by atoms with Crippen LogP contribution in [0, 0.1) is 5.92 Å². The normalized spacial score (nSPS) is 18.7. The number of hydrogen-bond acceptors (Lipinski definition) is 3. The minimum Gasteiger partial charge on any atom is -0.445 e. The van der Waals surface area contributed by atoms with Gasteiger partial charge < -0.3 is 15.2 Å². The second-order valence-corrected chi connectivity index (χ2v) is 6.17. The van der Waals surface area contributed by atoms with E-state index in [0.717, 1.165) is 12.0 Å². The van der Waals surface area contributed by atoms with Crippen molar-refractivity contribution in [3.05, 3.63) is 35.9 Å². The lowest BCUT2D eigenvalue weighted by atomic mass is 9.76. The number of alkyl halides is 3. The molecule has 2 rings (SSSR count). The van der Waals surface area contributed by atoms with Crippen LogP contribution in [0.15, 0.2) is 30.3 Å². The van der Waals surface area contributed by atoms with Crippen LogP contribution in [0.25, 0.3) is 0 Å². The quantitative estimate of drug-likeness (QED) is 0.854. The molecule has 24 heavy (non-hydrogen) atoms. The highest BCUT2D eigenvalue weighted by atomic mass is 19.4. The summed E-state index contributed by atoms with van der Waals surface area (Å²) in [5.41, 5.74) is -2.19. The van der Waals surface area contributed by atoms with Crippen molar-refractivity contribution in [2.24, 2.45) is 5.92 Å². The maximum Gasteiger partial charge on any atom is 0.419 e.